The number of piperidine rings is 3. The van der Waals surface area contributed by atoms with Crippen molar-refractivity contribution in [1.29, 1.82) is 0 Å². The molecule has 0 radical (unpaired) electrons. The highest BCUT2D eigenvalue weighted by atomic mass is 32.2. The van der Waals surface area contributed by atoms with Gasteiger partial charge in [0, 0.05) is 18.6 Å². The highest BCUT2D eigenvalue weighted by molar-refractivity contribution is 7.91. The Morgan fingerprint density at radius 2 is 1.54 bits per heavy atom. The predicted octanol–water partition coefficient (Wildman–Crippen LogP) is 5.85. The summed E-state index contributed by atoms with van der Waals surface area (Å²) in [5.41, 5.74) is 0. The fourth-order valence-corrected chi connectivity index (χ4v) is 9.33. The SMILES string of the molecule is CCCCN1C[C@H]2CCCN3CCC[C@@H](C1CCCCOC(=O)CCC(=O)OCCCCCCOc1nonc1S(=O)(=O)c1ccccc1)[C@@H]23. The monoisotopic (exact) mass is 716 g/mol. The summed E-state index contributed by atoms with van der Waals surface area (Å²) in [6, 6.07) is 9.32. The lowest BCUT2D eigenvalue weighted by Gasteiger charge is -2.57. The van der Waals surface area contributed by atoms with E-state index in [2.05, 4.69) is 31.7 Å². The van der Waals surface area contributed by atoms with Crippen LogP contribution in [-0.4, -0.2) is 98.6 Å². The molecule has 0 aliphatic carbocycles. The van der Waals surface area contributed by atoms with Crippen LogP contribution in [0.1, 0.15) is 103 Å². The zero-order valence-corrected chi connectivity index (χ0v) is 30.5. The van der Waals surface area contributed by atoms with Crippen LogP contribution in [0.15, 0.2) is 44.9 Å². The molecule has 1 aromatic heterocycles. The first-order valence-electron chi connectivity index (χ1n) is 18.9. The smallest absolute Gasteiger partial charge is 0.306 e. The number of hydrogen-bond donors (Lipinski definition) is 0. The van der Waals surface area contributed by atoms with Crippen molar-refractivity contribution in [1.82, 2.24) is 20.1 Å². The number of unbranched alkanes of at least 4 members (excludes halogenated alkanes) is 5. The summed E-state index contributed by atoms with van der Waals surface area (Å²) in [7, 11) is -3.89. The summed E-state index contributed by atoms with van der Waals surface area (Å²) in [4.78, 5) is 30.1. The number of hydrogen-bond acceptors (Lipinski definition) is 12. The molecular weight excluding hydrogens is 660 g/mol. The highest BCUT2D eigenvalue weighted by Crippen LogP contribution is 2.43. The molecule has 0 N–H and O–H groups in total. The molecule has 0 amide bonds. The maximum absolute atomic E-state index is 12.8. The largest absolute Gasteiger partial charge is 0.473 e. The fraction of sp³-hybridized carbons (Fsp3) is 0.730. The summed E-state index contributed by atoms with van der Waals surface area (Å²) in [5, 5.41) is 6.78. The maximum Gasteiger partial charge on any atom is 0.306 e. The Balaban J connectivity index is 0.889. The average Bonchev–Trinajstić information content (AvgIpc) is 3.62. The van der Waals surface area contributed by atoms with Crippen molar-refractivity contribution in [2.45, 2.75) is 125 Å². The summed E-state index contributed by atoms with van der Waals surface area (Å²) < 4.78 is 46.4. The van der Waals surface area contributed by atoms with Crippen molar-refractivity contribution >= 4 is 21.8 Å². The Kier molecular flexibility index (Phi) is 14.9. The van der Waals surface area contributed by atoms with Gasteiger partial charge < -0.3 is 14.2 Å². The first-order valence-corrected chi connectivity index (χ1v) is 20.4. The van der Waals surface area contributed by atoms with E-state index in [1.165, 1.54) is 83.3 Å². The van der Waals surface area contributed by atoms with Crippen LogP contribution in [0.5, 0.6) is 5.88 Å². The average molecular weight is 717 g/mol. The molecule has 278 valence electrons. The normalized spacial score (nSPS) is 22.5. The molecule has 13 heteroatoms. The van der Waals surface area contributed by atoms with Gasteiger partial charge in [0.25, 0.3) is 10.9 Å². The molecule has 12 nitrogen and oxygen atoms in total. The summed E-state index contributed by atoms with van der Waals surface area (Å²) in [5.74, 6) is 0.692. The van der Waals surface area contributed by atoms with Gasteiger partial charge in [0.05, 0.1) is 37.6 Å². The van der Waals surface area contributed by atoms with Crippen LogP contribution in [0.3, 0.4) is 0 Å². The molecule has 0 saturated carbocycles. The maximum atomic E-state index is 12.8. The minimum absolute atomic E-state index is 0.0157. The minimum Gasteiger partial charge on any atom is -0.473 e. The number of esters is 2. The topological polar surface area (TPSA) is 141 Å². The van der Waals surface area contributed by atoms with Gasteiger partial charge in [-0.3, -0.25) is 19.4 Å². The molecule has 1 unspecified atom stereocenters. The lowest BCUT2D eigenvalue weighted by molar-refractivity contribution is -0.150. The standard InChI is InChI=1S/C37H56N4O8S/c1-2-3-22-41-28-29-15-13-23-40-24-14-18-31(35(29)40)32(41)19-9-12-26-47-34(43)21-20-33(42)46-25-10-4-5-11-27-48-36-37(39-49-38-36)50(44,45)30-16-7-6-8-17-30/h6-8,16-17,29,31-32,35H,2-5,9-15,18-28H2,1H3/t29-,31+,32?,35-/m1/s1. The van der Waals surface area contributed by atoms with E-state index in [4.69, 9.17) is 14.2 Å². The second kappa shape index (κ2) is 19.5. The first kappa shape index (κ1) is 38.2. The summed E-state index contributed by atoms with van der Waals surface area (Å²) in [6.45, 7) is 8.21. The second-order valence-electron chi connectivity index (χ2n) is 14.0. The minimum atomic E-state index is -3.89. The van der Waals surface area contributed by atoms with Crippen molar-refractivity contribution < 1.29 is 36.8 Å². The van der Waals surface area contributed by atoms with Crippen LogP contribution in [0, 0.1) is 11.8 Å². The molecular formula is C37H56N4O8S. The van der Waals surface area contributed by atoms with Gasteiger partial charge in [0.15, 0.2) is 0 Å². The second-order valence-corrected chi connectivity index (χ2v) is 15.9. The van der Waals surface area contributed by atoms with E-state index >= 15 is 0 Å². The number of sulfone groups is 1. The third-order valence-corrected chi connectivity index (χ3v) is 12.2. The first-order chi connectivity index (χ1) is 24.4. The van der Waals surface area contributed by atoms with E-state index < -0.39 is 15.8 Å². The number of ether oxygens (including phenoxy) is 3. The van der Waals surface area contributed by atoms with Crippen molar-refractivity contribution in [3.8, 4) is 5.88 Å². The molecule has 1 aromatic carbocycles. The van der Waals surface area contributed by atoms with Crippen LogP contribution in [0.2, 0.25) is 0 Å². The molecule has 4 heterocycles. The third kappa shape index (κ3) is 10.5. The predicted molar refractivity (Wildman–Crippen MR) is 186 cm³/mol. The Labute approximate surface area is 297 Å². The van der Waals surface area contributed by atoms with E-state index in [1.807, 2.05) is 0 Å². The number of benzene rings is 1. The van der Waals surface area contributed by atoms with Crippen LogP contribution >= 0.6 is 0 Å². The number of carbonyl (C=O) groups excluding carboxylic acids is 2. The van der Waals surface area contributed by atoms with Gasteiger partial charge in [0.1, 0.15) is 0 Å². The van der Waals surface area contributed by atoms with Gasteiger partial charge in [-0.25, -0.2) is 13.0 Å². The van der Waals surface area contributed by atoms with E-state index in [-0.39, 0.29) is 47.8 Å². The molecule has 3 saturated heterocycles. The fourth-order valence-electron chi connectivity index (χ4n) is 8.14. The summed E-state index contributed by atoms with van der Waals surface area (Å²) in [6.07, 6.45) is 13.9. The van der Waals surface area contributed by atoms with Gasteiger partial charge in [0.2, 0.25) is 9.84 Å². The molecule has 2 aromatic rings. The summed E-state index contributed by atoms with van der Waals surface area (Å²) >= 11 is 0. The van der Waals surface area contributed by atoms with E-state index in [0.717, 1.165) is 43.6 Å². The Morgan fingerprint density at radius 1 is 0.860 bits per heavy atom. The van der Waals surface area contributed by atoms with E-state index in [9.17, 15) is 18.0 Å². The molecule has 5 rings (SSSR count). The molecule has 50 heavy (non-hydrogen) atoms. The Bertz CT molecular complexity index is 1440. The van der Waals surface area contributed by atoms with Crippen LogP contribution in [-0.2, 0) is 28.9 Å². The van der Waals surface area contributed by atoms with E-state index in [0.29, 0.717) is 25.5 Å². The van der Waals surface area contributed by atoms with Crippen molar-refractivity contribution in [3.05, 3.63) is 30.3 Å². The van der Waals surface area contributed by atoms with Crippen molar-refractivity contribution in [3.63, 3.8) is 0 Å². The van der Waals surface area contributed by atoms with Gasteiger partial charge in [-0.05, 0) is 131 Å². The van der Waals surface area contributed by atoms with Gasteiger partial charge in [-0.2, -0.15) is 0 Å². The molecule has 3 fully saturated rings. The van der Waals surface area contributed by atoms with Crippen molar-refractivity contribution in [2.75, 3.05) is 46.0 Å². The molecule has 0 spiro atoms. The highest BCUT2D eigenvalue weighted by Gasteiger charge is 2.47. The van der Waals surface area contributed by atoms with Crippen LogP contribution in [0.4, 0.5) is 0 Å². The third-order valence-electron chi connectivity index (χ3n) is 10.5. The number of rotatable bonds is 21. The van der Waals surface area contributed by atoms with Crippen LogP contribution < -0.4 is 4.74 Å². The Hall–Kier alpha value is -3.03. The quantitative estimate of drug-likeness (QED) is 0.113. The van der Waals surface area contributed by atoms with E-state index in [1.54, 1.807) is 18.2 Å². The number of aromatic nitrogens is 2. The number of carbonyl (C=O) groups is 2. The molecule has 4 atom stereocenters. The lowest BCUT2D eigenvalue weighted by Crippen LogP contribution is -2.64. The molecule has 3 aliphatic rings. The van der Waals surface area contributed by atoms with Crippen LogP contribution in [0.25, 0.3) is 0 Å². The van der Waals surface area contributed by atoms with Gasteiger partial charge in [-0.1, -0.05) is 31.5 Å². The van der Waals surface area contributed by atoms with Gasteiger partial charge >= 0.3 is 11.9 Å². The lowest BCUT2D eigenvalue weighted by atomic mass is 9.69. The van der Waals surface area contributed by atoms with Crippen molar-refractivity contribution in [2.24, 2.45) is 11.8 Å². The van der Waals surface area contributed by atoms with Gasteiger partial charge in [-0.15, -0.1) is 0 Å². The molecule has 3 aliphatic heterocycles. The number of nitrogens with zero attached hydrogens (tertiary/aromatic N) is 4. The number of likely N-dealkylation sites (tertiary alicyclic amines) is 1. The molecule has 0 bridgehead atoms. The zero-order chi connectivity index (χ0) is 35.2. The zero-order valence-electron chi connectivity index (χ0n) is 29.7. The Morgan fingerprint density at radius 3 is 2.26 bits per heavy atom.